The quantitative estimate of drug-likeness (QED) is 0.822. The fraction of sp³-hybridized carbons (Fsp3) is 0.400. The van der Waals surface area contributed by atoms with Crippen LogP contribution >= 0.6 is 0 Å². The molecule has 16 heavy (non-hydrogen) atoms. The van der Waals surface area contributed by atoms with Crippen LogP contribution in [0.3, 0.4) is 0 Å². The molecule has 0 aromatic heterocycles. The molecule has 88 valence electrons. The Morgan fingerprint density at radius 3 is 2.62 bits per heavy atom. The van der Waals surface area contributed by atoms with E-state index in [9.17, 15) is 12.8 Å². The van der Waals surface area contributed by atoms with Gasteiger partial charge in [-0.1, -0.05) is 6.07 Å². The lowest BCUT2D eigenvalue weighted by atomic mass is 10.1. The molecular weight excluding hydrogens is 235 g/mol. The Morgan fingerprint density at radius 1 is 1.50 bits per heavy atom. The molecule has 0 spiro atoms. The smallest absolute Gasteiger partial charge is 0.268 e. The Balaban J connectivity index is 2.22. The predicted octanol–water partition coefficient (Wildman–Crippen LogP) is 1.58. The Morgan fingerprint density at radius 2 is 2.19 bits per heavy atom. The first-order chi connectivity index (χ1) is 7.43. The van der Waals surface area contributed by atoms with Crippen molar-refractivity contribution in [2.45, 2.75) is 17.6 Å². The normalized spacial score (nSPS) is 24.2. The molecular formula is C10H11FO4S. The van der Waals surface area contributed by atoms with Crippen LogP contribution in [0.1, 0.15) is 17.9 Å². The Bertz CT molecular complexity index is 512. The molecule has 6 heteroatoms. The highest BCUT2D eigenvalue weighted by Crippen LogP contribution is 2.46. The molecule has 1 aliphatic rings. The molecule has 0 aliphatic heterocycles. The van der Waals surface area contributed by atoms with Gasteiger partial charge in [-0.15, -0.1) is 0 Å². The first-order valence-electron chi connectivity index (χ1n) is 4.73. The van der Waals surface area contributed by atoms with Gasteiger partial charge in [-0.25, -0.2) is 4.39 Å². The van der Waals surface area contributed by atoms with Crippen LogP contribution in [0.25, 0.3) is 0 Å². The van der Waals surface area contributed by atoms with Crippen LogP contribution in [-0.2, 0) is 10.1 Å². The maximum Gasteiger partial charge on any atom is 0.268 e. The largest absolute Gasteiger partial charge is 0.494 e. The number of halogens is 1. The van der Waals surface area contributed by atoms with Crippen molar-refractivity contribution in [2.24, 2.45) is 0 Å². The van der Waals surface area contributed by atoms with Crippen molar-refractivity contribution in [3.8, 4) is 5.75 Å². The average molecular weight is 246 g/mol. The molecule has 0 saturated heterocycles. The van der Waals surface area contributed by atoms with Crippen molar-refractivity contribution in [3.63, 3.8) is 0 Å². The maximum absolute atomic E-state index is 13.3. The van der Waals surface area contributed by atoms with Crippen molar-refractivity contribution >= 4 is 10.1 Å². The third-order valence-corrected chi connectivity index (χ3v) is 4.00. The van der Waals surface area contributed by atoms with E-state index < -0.39 is 21.2 Å². The highest BCUT2D eigenvalue weighted by Gasteiger charge is 2.47. The monoisotopic (exact) mass is 246 g/mol. The first-order valence-corrected chi connectivity index (χ1v) is 6.23. The summed E-state index contributed by atoms with van der Waals surface area (Å²) < 4.78 is 48.5. The van der Waals surface area contributed by atoms with Gasteiger partial charge in [0.1, 0.15) is 0 Å². The summed E-state index contributed by atoms with van der Waals surface area (Å²) in [6.07, 6.45) is 0.338. The minimum Gasteiger partial charge on any atom is -0.494 e. The summed E-state index contributed by atoms with van der Waals surface area (Å²) in [5.41, 5.74) is 0.570. The standard InChI is InChI=1S/C10H11FO4S/c1-15-9-3-2-6(4-8(9)11)7-5-10(7)16(12,13)14/h2-4,7,10H,5H2,1H3,(H,12,13,14). The van der Waals surface area contributed by atoms with Crippen LogP contribution in [0.15, 0.2) is 18.2 Å². The van der Waals surface area contributed by atoms with E-state index >= 15 is 0 Å². The summed E-state index contributed by atoms with van der Waals surface area (Å²) in [6, 6.07) is 4.30. The molecule has 0 bridgehead atoms. The number of hydrogen-bond donors (Lipinski definition) is 1. The van der Waals surface area contributed by atoms with Crippen molar-refractivity contribution in [1.29, 1.82) is 0 Å². The van der Waals surface area contributed by atoms with Gasteiger partial charge >= 0.3 is 0 Å². The van der Waals surface area contributed by atoms with Crippen molar-refractivity contribution in [1.82, 2.24) is 0 Å². The molecule has 4 nitrogen and oxygen atoms in total. The Kier molecular flexibility index (Phi) is 2.63. The molecule has 2 rings (SSSR count). The van der Waals surface area contributed by atoms with Crippen molar-refractivity contribution < 1.29 is 22.1 Å². The summed E-state index contributed by atoms with van der Waals surface area (Å²) in [7, 11) is -2.65. The molecule has 2 unspecified atom stereocenters. The minimum atomic E-state index is -4.01. The number of ether oxygens (including phenoxy) is 1. The van der Waals surface area contributed by atoms with Gasteiger partial charge in [0, 0.05) is 5.92 Å². The molecule has 1 fully saturated rings. The Hall–Kier alpha value is -1.14. The fourth-order valence-corrected chi connectivity index (χ4v) is 2.79. The van der Waals surface area contributed by atoms with Gasteiger partial charge in [-0.05, 0) is 24.1 Å². The number of benzene rings is 1. The predicted molar refractivity (Wildman–Crippen MR) is 55.6 cm³/mol. The first kappa shape index (κ1) is 11.3. The van der Waals surface area contributed by atoms with Crippen LogP contribution in [0, 0.1) is 5.82 Å². The summed E-state index contributed by atoms with van der Waals surface area (Å²) in [5.74, 6) is -0.718. The lowest BCUT2D eigenvalue weighted by molar-refractivity contribution is 0.386. The van der Waals surface area contributed by atoms with E-state index in [0.717, 1.165) is 0 Å². The lowest BCUT2D eigenvalue weighted by Gasteiger charge is -2.04. The van der Waals surface area contributed by atoms with Crippen molar-refractivity contribution in [3.05, 3.63) is 29.6 Å². The molecule has 0 heterocycles. The zero-order valence-electron chi connectivity index (χ0n) is 8.55. The van der Waals surface area contributed by atoms with Gasteiger partial charge in [-0.3, -0.25) is 4.55 Å². The molecule has 1 saturated carbocycles. The molecule has 1 aromatic rings. The Labute approximate surface area is 92.8 Å². The van der Waals surface area contributed by atoms with Crippen LogP contribution in [0.2, 0.25) is 0 Å². The van der Waals surface area contributed by atoms with Gasteiger partial charge in [0.25, 0.3) is 10.1 Å². The van der Waals surface area contributed by atoms with E-state index in [4.69, 9.17) is 9.29 Å². The van der Waals surface area contributed by atoms with Crippen molar-refractivity contribution in [2.75, 3.05) is 7.11 Å². The highest BCUT2D eigenvalue weighted by molar-refractivity contribution is 7.86. The summed E-state index contributed by atoms with van der Waals surface area (Å²) >= 11 is 0. The van der Waals surface area contributed by atoms with Crippen LogP contribution in [0.5, 0.6) is 5.75 Å². The van der Waals surface area contributed by atoms with E-state index in [1.807, 2.05) is 0 Å². The molecule has 1 N–H and O–H groups in total. The minimum absolute atomic E-state index is 0.118. The number of hydrogen-bond acceptors (Lipinski definition) is 3. The van der Waals surface area contributed by atoms with E-state index in [1.165, 1.54) is 19.2 Å². The summed E-state index contributed by atoms with van der Waals surface area (Å²) in [5, 5.41) is -0.791. The lowest BCUT2D eigenvalue weighted by Crippen LogP contribution is -2.06. The highest BCUT2D eigenvalue weighted by atomic mass is 32.2. The van der Waals surface area contributed by atoms with E-state index in [2.05, 4.69) is 0 Å². The van der Waals surface area contributed by atoms with E-state index in [-0.39, 0.29) is 11.7 Å². The van der Waals surface area contributed by atoms with Gasteiger partial charge in [-0.2, -0.15) is 8.42 Å². The zero-order chi connectivity index (χ0) is 11.9. The molecule has 0 radical (unpaired) electrons. The second-order valence-electron chi connectivity index (χ2n) is 3.79. The number of rotatable bonds is 3. The maximum atomic E-state index is 13.3. The SMILES string of the molecule is COc1ccc(C2CC2S(=O)(=O)O)cc1F. The van der Waals surface area contributed by atoms with Gasteiger partial charge in [0.05, 0.1) is 12.4 Å². The third-order valence-electron chi connectivity index (χ3n) is 2.72. The van der Waals surface area contributed by atoms with Gasteiger partial charge < -0.3 is 4.74 Å². The van der Waals surface area contributed by atoms with Crippen LogP contribution in [-0.4, -0.2) is 25.3 Å². The van der Waals surface area contributed by atoms with E-state index in [1.54, 1.807) is 6.07 Å². The zero-order valence-corrected chi connectivity index (χ0v) is 9.37. The second-order valence-corrected chi connectivity index (χ2v) is 5.43. The third kappa shape index (κ3) is 2.03. The van der Waals surface area contributed by atoms with Crippen LogP contribution < -0.4 is 4.74 Å². The summed E-state index contributed by atoms with van der Waals surface area (Å²) in [4.78, 5) is 0. The molecule has 1 aromatic carbocycles. The molecule has 2 atom stereocenters. The van der Waals surface area contributed by atoms with Gasteiger partial charge in [0.2, 0.25) is 0 Å². The van der Waals surface area contributed by atoms with E-state index in [0.29, 0.717) is 12.0 Å². The van der Waals surface area contributed by atoms with Gasteiger partial charge in [0.15, 0.2) is 11.6 Å². The molecule has 0 amide bonds. The molecule has 1 aliphatic carbocycles. The second kappa shape index (κ2) is 3.71. The average Bonchev–Trinajstić information content (AvgIpc) is 2.96. The topological polar surface area (TPSA) is 63.6 Å². The fourth-order valence-electron chi connectivity index (χ4n) is 1.76. The number of methoxy groups -OCH3 is 1. The van der Waals surface area contributed by atoms with Crippen LogP contribution in [0.4, 0.5) is 4.39 Å². The summed E-state index contributed by atoms with van der Waals surface area (Å²) in [6.45, 7) is 0.